The van der Waals surface area contributed by atoms with Crippen molar-refractivity contribution in [1.82, 2.24) is 0 Å². The first-order valence-electron chi connectivity index (χ1n) is 4.31. The molecule has 0 aromatic carbocycles. The molecule has 84 valence electrons. The van der Waals surface area contributed by atoms with Crippen LogP contribution in [0.4, 0.5) is 0 Å². The minimum Gasteiger partial charge on any atom is -0.475 e. The maximum Gasteiger partial charge on any atom is 0.372 e. The number of carboxylic acid groups (broad SMARTS) is 1. The average molecular weight is 232 g/mol. The Bertz CT molecular complexity index is 322. The van der Waals surface area contributed by atoms with Crippen LogP contribution in [0.15, 0.2) is 16.7 Å². The topological polar surface area (TPSA) is 90.9 Å². The third-order valence-electron chi connectivity index (χ3n) is 1.72. The molecule has 1 heterocycles. The molecule has 0 bridgehead atoms. The predicted octanol–water partition coefficient (Wildman–Crippen LogP) is 0.564. The van der Waals surface area contributed by atoms with Gasteiger partial charge in [0.2, 0.25) is 5.76 Å². The van der Waals surface area contributed by atoms with E-state index in [1.54, 1.807) is 6.07 Å². The van der Waals surface area contributed by atoms with Crippen molar-refractivity contribution >= 4 is 17.7 Å². The second-order valence-corrected chi connectivity index (χ2v) is 3.96. The van der Waals surface area contributed by atoms with Crippen molar-refractivity contribution in [2.45, 2.75) is 11.9 Å². The first-order chi connectivity index (χ1) is 7.15. The van der Waals surface area contributed by atoms with Crippen molar-refractivity contribution in [3.63, 3.8) is 0 Å². The van der Waals surface area contributed by atoms with E-state index < -0.39 is 12.1 Å². The zero-order valence-electron chi connectivity index (χ0n) is 7.92. The second-order valence-electron chi connectivity index (χ2n) is 2.93. The van der Waals surface area contributed by atoms with Crippen LogP contribution in [0.3, 0.4) is 0 Å². The van der Waals surface area contributed by atoms with Gasteiger partial charge in [0.25, 0.3) is 0 Å². The molecule has 3 N–H and O–H groups in total. The van der Waals surface area contributed by atoms with E-state index in [0.29, 0.717) is 17.1 Å². The van der Waals surface area contributed by atoms with Crippen LogP contribution in [0.5, 0.6) is 0 Å². The van der Waals surface area contributed by atoms with Crippen molar-refractivity contribution < 1.29 is 24.5 Å². The molecule has 0 amide bonds. The van der Waals surface area contributed by atoms with Gasteiger partial charge in [0, 0.05) is 17.1 Å². The highest BCUT2D eigenvalue weighted by Crippen LogP contribution is 2.18. The Labute approximate surface area is 90.7 Å². The van der Waals surface area contributed by atoms with Crippen molar-refractivity contribution in [3.05, 3.63) is 23.7 Å². The molecule has 1 unspecified atom stereocenters. The number of aliphatic hydroxyl groups excluding tert-OH is 2. The molecule has 1 aromatic rings. The monoisotopic (exact) mass is 232 g/mol. The lowest BCUT2D eigenvalue weighted by molar-refractivity contribution is 0.0661. The summed E-state index contributed by atoms with van der Waals surface area (Å²) in [7, 11) is 0. The molecule has 1 rings (SSSR count). The van der Waals surface area contributed by atoms with E-state index in [0.717, 1.165) is 0 Å². The largest absolute Gasteiger partial charge is 0.475 e. The highest BCUT2D eigenvalue weighted by Gasteiger charge is 2.13. The van der Waals surface area contributed by atoms with E-state index in [-0.39, 0.29) is 12.4 Å². The summed E-state index contributed by atoms with van der Waals surface area (Å²) in [6.07, 6.45) is 0.553. The van der Waals surface area contributed by atoms with Crippen LogP contribution in [0.2, 0.25) is 0 Å². The van der Waals surface area contributed by atoms with Gasteiger partial charge in [0.05, 0.1) is 19.0 Å². The fraction of sp³-hybridized carbons (Fsp3) is 0.444. The summed E-state index contributed by atoms with van der Waals surface area (Å²) in [6, 6.07) is 1.59. The van der Waals surface area contributed by atoms with E-state index in [9.17, 15) is 4.79 Å². The lowest BCUT2D eigenvalue weighted by Crippen LogP contribution is -2.14. The Balaban J connectivity index is 2.44. The van der Waals surface area contributed by atoms with Gasteiger partial charge in [-0.15, -0.1) is 0 Å². The summed E-state index contributed by atoms with van der Waals surface area (Å²) < 4.78 is 4.79. The molecule has 0 fully saturated rings. The molecule has 0 aliphatic heterocycles. The van der Waals surface area contributed by atoms with Gasteiger partial charge in [-0.3, -0.25) is 0 Å². The van der Waals surface area contributed by atoms with Crippen LogP contribution in [0.1, 0.15) is 16.1 Å². The molecule has 6 heteroatoms. The maximum absolute atomic E-state index is 10.6. The maximum atomic E-state index is 10.6. The number of aliphatic hydroxyl groups is 2. The first kappa shape index (κ1) is 12.1. The van der Waals surface area contributed by atoms with Gasteiger partial charge in [0.1, 0.15) is 0 Å². The van der Waals surface area contributed by atoms with E-state index in [1.165, 1.54) is 18.0 Å². The quantitative estimate of drug-likeness (QED) is 0.664. The number of thioether (sulfide) groups is 1. The fourth-order valence-corrected chi connectivity index (χ4v) is 1.94. The molecule has 0 saturated heterocycles. The van der Waals surface area contributed by atoms with Crippen molar-refractivity contribution in [1.29, 1.82) is 0 Å². The number of aromatic carboxylic acids is 1. The zero-order chi connectivity index (χ0) is 11.3. The molecular weight excluding hydrogens is 220 g/mol. The van der Waals surface area contributed by atoms with E-state index in [1.807, 2.05) is 0 Å². The van der Waals surface area contributed by atoms with Crippen molar-refractivity contribution in [3.8, 4) is 0 Å². The molecule has 1 aromatic heterocycles. The summed E-state index contributed by atoms with van der Waals surface area (Å²) in [5.41, 5.74) is 0.581. The van der Waals surface area contributed by atoms with Crippen LogP contribution in [0, 0.1) is 0 Å². The van der Waals surface area contributed by atoms with E-state index in [4.69, 9.17) is 19.7 Å². The van der Waals surface area contributed by atoms with Gasteiger partial charge in [-0.05, 0) is 6.07 Å². The van der Waals surface area contributed by atoms with E-state index in [2.05, 4.69) is 0 Å². The Hall–Kier alpha value is -0.980. The van der Waals surface area contributed by atoms with Crippen molar-refractivity contribution in [2.75, 3.05) is 12.4 Å². The molecule has 15 heavy (non-hydrogen) atoms. The Morgan fingerprint density at radius 1 is 1.60 bits per heavy atom. The van der Waals surface area contributed by atoms with Crippen molar-refractivity contribution in [2.24, 2.45) is 0 Å². The smallest absolute Gasteiger partial charge is 0.372 e. The normalized spacial score (nSPS) is 12.7. The lowest BCUT2D eigenvalue weighted by atomic mass is 10.3. The molecule has 5 nitrogen and oxygen atoms in total. The minimum atomic E-state index is -1.10. The standard InChI is InChI=1S/C9H12O5S/c10-3-7(11)5-15-4-6-1-2-14-8(6)9(12)13/h1-2,7,10-11H,3-5H2,(H,12,13). The molecule has 1 atom stereocenters. The summed E-state index contributed by atoms with van der Waals surface area (Å²) in [5.74, 6) is -0.366. The SMILES string of the molecule is O=C(O)c1occc1CSCC(O)CO. The molecule has 0 aliphatic carbocycles. The number of carbonyl (C=O) groups is 1. The number of rotatable bonds is 6. The van der Waals surface area contributed by atoms with E-state index >= 15 is 0 Å². The lowest BCUT2D eigenvalue weighted by Gasteiger charge is -2.05. The fourth-order valence-electron chi connectivity index (χ4n) is 0.995. The van der Waals surface area contributed by atoms with Gasteiger partial charge in [-0.2, -0.15) is 11.8 Å². The van der Waals surface area contributed by atoms with Gasteiger partial charge in [-0.1, -0.05) is 0 Å². The van der Waals surface area contributed by atoms with Gasteiger partial charge >= 0.3 is 5.97 Å². The predicted molar refractivity (Wildman–Crippen MR) is 54.9 cm³/mol. The first-order valence-corrected chi connectivity index (χ1v) is 5.47. The number of hydrogen-bond donors (Lipinski definition) is 3. The minimum absolute atomic E-state index is 0.0685. The molecule has 0 spiro atoms. The highest BCUT2D eigenvalue weighted by molar-refractivity contribution is 7.98. The average Bonchev–Trinajstić information content (AvgIpc) is 2.65. The zero-order valence-corrected chi connectivity index (χ0v) is 8.74. The second kappa shape index (κ2) is 5.79. The van der Waals surface area contributed by atoms with Gasteiger partial charge < -0.3 is 19.7 Å². The Kier molecular flexibility index (Phi) is 4.67. The van der Waals surface area contributed by atoms with Gasteiger partial charge in [-0.25, -0.2) is 4.79 Å². The number of hydrogen-bond acceptors (Lipinski definition) is 5. The summed E-state index contributed by atoms with van der Waals surface area (Å²) in [5, 5.41) is 26.3. The van der Waals surface area contributed by atoms with Crippen LogP contribution in [-0.2, 0) is 5.75 Å². The van der Waals surface area contributed by atoms with Crippen LogP contribution in [0.25, 0.3) is 0 Å². The van der Waals surface area contributed by atoms with Crippen LogP contribution >= 0.6 is 11.8 Å². The van der Waals surface area contributed by atoms with Gasteiger partial charge in [0.15, 0.2) is 0 Å². The molecule has 0 radical (unpaired) electrons. The highest BCUT2D eigenvalue weighted by atomic mass is 32.2. The molecular formula is C9H12O5S. The summed E-state index contributed by atoms with van der Waals surface area (Å²) in [6.45, 7) is -0.288. The summed E-state index contributed by atoms with van der Waals surface area (Å²) in [4.78, 5) is 10.6. The summed E-state index contributed by atoms with van der Waals surface area (Å²) >= 11 is 1.34. The number of furan rings is 1. The third-order valence-corrected chi connectivity index (χ3v) is 2.86. The Morgan fingerprint density at radius 2 is 2.33 bits per heavy atom. The Morgan fingerprint density at radius 3 is 2.93 bits per heavy atom. The van der Waals surface area contributed by atoms with Crippen LogP contribution in [-0.4, -0.2) is 39.8 Å². The molecule has 0 aliphatic rings. The number of carboxylic acids is 1. The third kappa shape index (κ3) is 3.58. The van der Waals surface area contributed by atoms with Crippen LogP contribution < -0.4 is 0 Å². The molecule has 0 saturated carbocycles.